The number of hydrogen-bond donors (Lipinski definition) is 4. The molecular formula is C11H13N5O. The molecule has 1 heterocycles. The molecule has 1 amide bonds. The van der Waals surface area contributed by atoms with E-state index in [1.165, 1.54) is 7.05 Å². The molecule has 1 aromatic carbocycles. The Morgan fingerprint density at radius 3 is 2.88 bits per heavy atom. The Morgan fingerprint density at radius 1 is 1.41 bits per heavy atom. The van der Waals surface area contributed by atoms with Crippen LogP contribution >= 0.6 is 0 Å². The van der Waals surface area contributed by atoms with E-state index in [0.29, 0.717) is 11.4 Å². The fourth-order valence-electron chi connectivity index (χ4n) is 1.51. The van der Waals surface area contributed by atoms with Gasteiger partial charge in [-0.3, -0.25) is 15.1 Å². The van der Waals surface area contributed by atoms with E-state index >= 15 is 0 Å². The van der Waals surface area contributed by atoms with Gasteiger partial charge in [-0.15, -0.1) is 0 Å². The van der Waals surface area contributed by atoms with Crippen molar-refractivity contribution in [2.24, 2.45) is 10.7 Å². The zero-order valence-electron chi connectivity index (χ0n) is 9.32. The van der Waals surface area contributed by atoms with E-state index < -0.39 is 0 Å². The quantitative estimate of drug-likeness (QED) is 0.324. The lowest BCUT2D eigenvalue weighted by molar-refractivity contribution is 0.0972. The number of aromatic amines is 1. The lowest BCUT2D eigenvalue weighted by atomic mass is 10.2. The molecule has 0 fully saturated rings. The number of H-pyrrole nitrogens is 1. The highest BCUT2D eigenvalue weighted by atomic mass is 16.2. The van der Waals surface area contributed by atoms with E-state index in [2.05, 4.69) is 15.3 Å². The smallest absolute Gasteiger partial charge is 0.274 e. The molecule has 0 spiro atoms. The highest BCUT2D eigenvalue weighted by molar-refractivity contribution is 6.06. The van der Waals surface area contributed by atoms with Crippen molar-refractivity contribution >= 4 is 28.5 Å². The first-order valence-electron chi connectivity index (χ1n) is 5.02. The Bertz CT molecular complexity index is 599. The van der Waals surface area contributed by atoms with Gasteiger partial charge in [0, 0.05) is 23.6 Å². The fraction of sp³-hybridized carbons (Fsp3) is 0.0909. The number of nitrogen functional groups attached to an aromatic ring is 1. The van der Waals surface area contributed by atoms with Crippen LogP contribution in [0.5, 0.6) is 0 Å². The van der Waals surface area contributed by atoms with Gasteiger partial charge in [0.2, 0.25) is 0 Å². The minimum Gasteiger partial charge on any atom is -0.399 e. The van der Waals surface area contributed by atoms with E-state index in [1.807, 2.05) is 6.07 Å². The minimum absolute atomic E-state index is 0.0770. The first-order chi connectivity index (χ1) is 8.10. The van der Waals surface area contributed by atoms with Gasteiger partial charge in [0.25, 0.3) is 5.91 Å². The number of carbonyl (C=O) groups excluding carboxylic acids is 1. The maximum atomic E-state index is 11.7. The number of amides is 1. The number of nitrogens with two attached hydrogens (primary N) is 2. The molecule has 0 saturated carbocycles. The van der Waals surface area contributed by atoms with Crippen molar-refractivity contribution in [3.8, 4) is 0 Å². The summed E-state index contributed by atoms with van der Waals surface area (Å²) in [5.41, 5.74) is 12.9. The van der Waals surface area contributed by atoms with Crippen LogP contribution in [0.3, 0.4) is 0 Å². The van der Waals surface area contributed by atoms with Gasteiger partial charge in [-0.05, 0) is 18.2 Å². The summed E-state index contributed by atoms with van der Waals surface area (Å²) in [6.45, 7) is 0. The van der Waals surface area contributed by atoms with Crippen LogP contribution in [0.4, 0.5) is 5.69 Å². The zero-order chi connectivity index (χ0) is 12.4. The summed E-state index contributed by atoms with van der Waals surface area (Å²) < 4.78 is 0. The molecule has 0 atom stereocenters. The second kappa shape index (κ2) is 4.17. The monoisotopic (exact) mass is 231 g/mol. The predicted octanol–water partition coefficient (Wildman–Crippen LogP) is 0.424. The Labute approximate surface area is 97.7 Å². The van der Waals surface area contributed by atoms with Crippen LogP contribution in [-0.2, 0) is 0 Å². The van der Waals surface area contributed by atoms with Crippen molar-refractivity contribution in [3.05, 3.63) is 30.0 Å². The number of aliphatic imine (C=N–C) groups is 1. The van der Waals surface area contributed by atoms with Gasteiger partial charge in [0.1, 0.15) is 5.69 Å². The molecule has 0 saturated heterocycles. The molecule has 0 radical (unpaired) electrons. The molecule has 0 aliphatic carbocycles. The Kier molecular flexibility index (Phi) is 2.70. The molecule has 6 N–H and O–H groups in total. The molecule has 0 aliphatic rings. The Morgan fingerprint density at radius 2 is 2.18 bits per heavy atom. The summed E-state index contributed by atoms with van der Waals surface area (Å²) in [4.78, 5) is 18.3. The summed E-state index contributed by atoms with van der Waals surface area (Å²) in [7, 11) is 1.50. The van der Waals surface area contributed by atoms with Crippen LogP contribution in [0.2, 0.25) is 0 Å². The van der Waals surface area contributed by atoms with Gasteiger partial charge in [0.05, 0.1) is 0 Å². The maximum Gasteiger partial charge on any atom is 0.274 e. The van der Waals surface area contributed by atoms with Gasteiger partial charge in [-0.25, -0.2) is 0 Å². The first-order valence-corrected chi connectivity index (χ1v) is 5.02. The van der Waals surface area contributed by atoms with Crippen LogP contribution in [0.25, 0.3) is 10.9 Å². The molecule has 17 heavy (non-hydrogen) atoms. The third-order valence-corrected chi connectivity index (χ3v) is 2.37. The SMILES string of the molecule is CN=C(N)NC(=O)c1cc2ccc(N)cc2[nH]1. The lowest BCUT2D eigenvalue weighted by Gasteiger charge is -2.00. The van der Waals surface area contributed by atoms with Crippen LogP contribution in [0.1, 0.15) is 10.5 Å². The average Bonchev–Trinajstić information content (AvgIpc) is 2.71. The Balaban J connectivity index is 2.33. The highest BCUT2D eigenvalue weighted by Crippen LogP contribution is 2.18. The average molecular weight is 231 g/mol. The summed E-state index contributed by atoms with van der Waals surface area (Å²) in [6.07, 6.45) is 0. The molecule has 0 aliphatic heterocycles. The number of fused-ring (bicyclic) bond motifs is 1. The van der Waals surface area contributed by atoms with E-state index in [4.69, 9.17) is 11.5 Å². The highest BCUT2D eigenvalue weighted by Gasteiger charge is 2.10. The standard InChI is InChI=1S/C11H13N5O/c1-14-11(13)16-10(17)9-4-6-2-3-7(12)5-8(6)15-9/h2-5,15H,12H2,1H3,(H3,13,14,16,17). The van der Waals surface area contributed by atoms with Crippen molar-refractivity contribution < 1.29 is 4.79 Å². The molecule has 0 bridgehead atoms. The molecule has 6 nitrogen and oxygen atoms in total. The van der Waals surface area contributed by atoms with E-state index in [1.54, 1.807) is 18.2 Å². The van der Waals surface area contributed by atoms with Gasteiger partial charge >= 0.3 is 0 Å². The molecule has 1 aromatic heterocycles. The number of guanidine groups is 1. The second-order valence-corrected chi connectivity index (χ2v) is 3.59. The molecule has 6 heteroatoms. The summed E-state index contributed by atoms with van der Waals surface area (Å²) >= 11 is 0. The largest absolute Gasteiger partial charge is 0.399 e. The van der Waals surface area contributed by atoms with Crippen molar-refractivity contribution in [3.63, 3.8) is 0 Å². The topological polar surface area (TPSA) is 109 Å². The Hall–Kier alpha value is -2.50. The minimum atomic E-state index is -0.331. The number of carbonyl (C=O) groups is 1. The van der Waals surface area contributed by atoms with Gasteiger partial charge in [0.15, 0.2) is 5.96 Å². The van der Waals surface area contributed by atoms with Crippen molar-refractivity contribution in [1.29, 1.82) is 0 Å². The van der Waals surface area contributed by atoms with Gasteiger partial charge < -0.3 is 16.5 Å². The van der Waals surface area contributed by atoms with Crippen LogP contribution < -0.4 is 16.8 Å². The summed E-state index contributed by atoms with van der Waals surface area (Å²) in [6, 6.07) is 7.12. The maximum absolute atomic E-state index is 11.7. The van der Waals surface area contributed by atoms with Crippen molar-refractivity contribution in [1.82, 2.24) is 10.3 Å². The van der Waals surface area contributed by atoms with Gasteiger partial charge in [-0.2, -0.15) is 0 Å². The van der Waals surface area contributed by atoms with Crippen molar-refractivity contribution in [2.75, 3.05) is 12.8 Å². The van der Waals surface area contributed by atoms with E-state index in [0.717, 1.165) is 10.9 Å². The predicted molar refractivity (Wildman–Crippen MR) is 67.7 cm³/mol. The zero-order valence-corrected chi connectivity index (χ0v) is 9.32. The third kappa shape index (κ3) is 2.20. The number of nitrogens with one attached hydrogen (secondary N) is 2. The number of anilines is 1. The number of rotatable bonds is 1. The third-order valence-electron chi connectivity index (χ3n) is 2.37. The lowest BCUT2D eigenvalue weighted by Crippen LogP contribution is -2.36. The number of nitrogens with zero attached hydrogens (tertiary/aromatic N) is 1. The van der Waals surface area contributed by atoms with Crippen LogP contribution in [-0.4, -0.2) is 23.9 Å². The molecular weight excluding hydrogens is 218 g/mol. The summed E-state index contributed by atoms with van der Waals surface area (Å²) in [5.74, 6) is -0.254. The fourth-order valence-corrected chi connectivity index (χ4v) is 1.51. The van der Waals surface area contributed by atoms with E-state index in [-0.39, 0.29) is 11.9 Å². The number of aromatic nitrogens is 1. The van der Waals surface area contributed by atoms with Crippen LogP contribution in [0.15, 0.2) is 29.3 Å². The van der Waals surface area contributed by atoms with Crippen LogP contribution in [0, 0.1) is 0 Å². The number of benzene rings is 1. The molecule has 2 aromatic rings. The van der Waals surface area contributed by atoms with Gasteiger partial charge in [-0.1, -0.05) is 6.07 Å². The molecule has 0 unspecified atom stereocenters. The summed E-state index contributed by atoms with van der Waals surface area (Å²) in [5, 5.41) is 3.36. The van der Waals surface area contributed by atoms with Crippen molar-refractivity contribution in [2.45, 2.75) is 0 Å². The molecule has 88 valence electrons. The number of hydrogen-bond acceptors (Lipinski definition) is 3. The first kappa shape index (κ1) is 11.0. The second-order valence-electron chi connectivity index (χ2n) is 3.59. The van der Waals surface area contributed by atoms with E-state index in [9.17, 15) is 4.79 Å². The normalized spacial score (nSPS) is 11.7. The molecule has 2 rings (SSSR count).